The first-order valence-corrected chi connectivity index (χ1v) is 7.11. The van der Waals surface area contributed by atoms with Gasteiger partial charge in [0.25, 0.3) is 11.5 Å². The van der Waals surface area contributed by atoms with Crippen molar-refractivity contribution in [3.05, 3.63) is 34.4 Å². The Kier molecular flexibility index (Phi) is 3.33. The Hall–Kier alpha value is -2.08. The Morgan fingerprint density at radius 3 is 2.86 bits per heavy atom. The largest absolute Gasteiger partial charge is 0.357 e. The molecule has 6 nitrogen and oxygen atoms in total. The van der Waals surface area contributed by atoms with Crippen LogP contribution in [-0.4, -0.2) is 58.5 Å². The van der Waals surface area contributed by atoms with Gasteiger partial charge in [-0.2, -0.15) is 0 Å². The summed E-state index contributed by atoms with van der Waals surface area (Å²) in [6.07, 6.45) is 4.33. The molecule has 2 aromatic rings. The fourth-order valence-corrected chi connectivity index (χ4v) is 2.96. The van der Waals surface area contributed by atoms with E-state index in [1.165, 1.54) is 4.57 Å². The highest BCUT2D eigenvalue weighted by Gasteiger charge is 2.29. The van der Waals surface area contributed by atoms with Crippen molar-refractivity contribution in [1.82, 2.24) is 19.4 Å². The molecule has 112 valence electrons. The van der Waals surface area contributed by atoms with Crippen LogP contribution in [0.4, 0.5) is 0 Å². The SMILES string of the molecule is CN(C)C1CCN(C(=O)c2cn(C)c(=O)c3[nH]ccc23)C1. The minimum atomic E-state index is -0.112. The van der Waals surface area contributed by atoms with Crippen molar-refractivity contribution < 1.29 is 4.79 Å². The third-order valence-corrected chi connectivity index (χ3v) is 4.31. The number of H-pyrrole nitrogens is 1. The number of hydrogen-bond donors (Lipinski definition) is 1. The summed E-state index contributed by atoms with van der Waals surface area (Å²) in [5, 5.41) is 0.705. The van der Waals surface area contributed by atoms with Gasteiger partial charge in [0.05, 0.1) is 5.56 Å². The molecule has 1 N–H and O–H groups in total. The maximum atomic E-state index is 12.8. The summed E-state index contributed by atoms with van der Waals surface area (Å²) in [7, 11) is 5.75. The summed E-state index contributed by atoms with van der Waals surface area (Å²) in [6, 6.07) is 2.20. The van der Waals surface area contributed by atoms with E-state index >= 15 is 0 Å². The van der Waals surface area contributed by atoms with Crippen molar-refractivity contribution in [1.29, 1.82) is 0 Å². The molecule has 1 amide bonds. The predicted octanol–water partition coefficient (Wildman–Crippen LogP) is 0.643. The van der Waals surface area contributed by atoms with E-state index in [0.717, 1.165) is 19.5 Å². The van der Waals surface area contributed by atoms with E-state index in [-0.39, 0.29) is 11.5 Å². The van der Waals surface area contributed by atoms with Gasteiger partial charge in [0.15, 0.2) is 0 Å². The minimum absolute atomic E-state index is 0.000417. The zero-order chi connectivity index (χ0) is 15.1. The van der Waals surface area contributed by atoms with E-state index < -0.39 is 0 Å². The molecule has 6 heteroatoms. The van der Waals surface area contributed by atoms with Crippen LogP contribution in [0, 0.1) is 0 Å². The molecule has 21 heavy (non-hydrogen) atoms. The number of aromatic nitrogens is 2. The molecule has 0 radical (unpaired) electrons. The first-order valence-electron chi connectivity index (χ1n) is 7.11. The van der Waals surface area contributed by atoms with Crippen LogP contribution in [0.1, 0.15) is 16.8 Å². The lowest BCUT2D eigenvalue weighted by molar-refractivity contribution is 0.0784. The molecule has 0 spiro atoms. The van der Waals surface area contributed by atoms with Crippen molar-refractivity contribution in [2.24, 2.45) is 7.05 Å². The molecule has 3 heterocycles. The Labute approximate surface area is 123 Å². The number of likely N-dealkylation sites (tertiary alicyclic amines) is 1. The van der Waals surface area contributed by atoms with E-state index in [4.69, 9.17) is 0 Å². The lowest BCUT2D eigenvalue weighted by Gasteiger charge is -2.20. The smallest absolute Gasteiger partial charge is 0.274 e. The quantitative estimate of drug-likeness (QED) is 0.882. The zero-order valence-electron chi connectivity index (χ0n) is 12.6. The summed E-state index contributed by atoms with van der Waals surface area (Å²) in [6.45, 7) is 1.50. The van der Waals surface area contributed by atoms with E-state index in [2.05, 4.69) is 9.88 Å². The highest BCUT2D eigenvalue weighted by Crippen LogP contribution is 2.20. The van der Waals surface area contributed by atoms with E-state index in [0.29, 0.717) is 22.5 Å². The van der Waals surface area contributed by atoms with Gasteiger partial charge in [-0.1, -0.05) is 0 Å². The van der Waals surface area contributed by atoms with Crippen molar-refractivity contribution in [3.63, 3.8) is 0 Å². The molecular weight excluding hydrogens is 268 g/mol. The van der Waals surface area contributed by atoms with E-state index in [1.54, 1.807) is 25.5 Å². The van der Waals surface area contributed by atoms with Crippen molar-refractivity contribution in [2.75, 3.05) is 27.2 Å². The maximum Gasteiger partial charge on any atom is 0.274 e. The molecule has 0 aliphatic carbocycles. The molecule has 1 aliphatic heterocycles. The maximum absolute atomic E-state index is 12.8. The number of nitrogens with one attached hydrogen (secondary N) is 1. The number of carbonyl (C=O) groups excluding carboxylic acids is 1. The number of hydrogen-bond acceptors (Lipinski definition) is 3. The zero-order valence-corrected chi connectivity index (χ0v) is 12.6. The number of rotatable bonds is 2. The Morgan fingerprint density at radius 2 is 2.19 bits per heavy atom. The molecule has 1 unspecified atom stereocenters. The van der Waals surface area contributed by atoms with Crippen LogP contribution in [0.2, 0.25) is 0 Å². The van der Waals surface area contributed by atoms with Crippen LogP contribution in [-0.2, 0) is 7.05 Å². The lowest BCUT2D eigenvalue weighted by Crippen LogP contribution is -2.35. The van der Waals surface area contributed by atoms with Crippen LogP contribution in [0.15, 0.2) is 23.3 Å². The van der Waals surface area contributed by atoms with Crippen LogP contribution in [0.25, 0.3) is 10.9 Å². The fraction of sp³-hybridized carbons (Fsp3) is 0.467. The number of carbonyl (C=O) groups is 1. The van der Waals surface area contributed by atoms with Gasteiger partial charge in [0.1, 0.15) is 5.52 Å². The lowest BCUT2D eigenvalue weighted by atomic mass is 10.1. The molecule has 0 saturated carbocycles. The third kappa shape index (κ3) is 2.25. The van der Waals surface area contributed by atoms with Gasteiger partial charge < -0.3 is 19.4 Å². The number of pyridine rings is 1. The number of likely N-dealkylation sites (N-methyl/N-ethyl adjacent to an activating group) is 1. The van der Waals surface area contributed by atoms with Crippen molar-refractivity contribution in [2.45, 2.75) is 12.5 Å². The first kappa shape index (κ1) is 13.9. The van der Waals surface area contributed by atoms with Crippen LogP contribution in [0.3, 0.4) is 0 Å². The predicted molar refractivity (Wildman–Crippen MR) is 81.5 cm³/mol. The average molecular weight is 288 g/mol. The standard InChI is InChI=1S/C15H20N4O2/c1-17(2)10-5-7-19(8-10)14(20)12-9-18(3)15(21)13-11(12)4-6-16-13/h4,6,9-10,16H,5,7-8H2,1-3H3. The Balaban J connectivity index is 1.98. The molecule has 0 bridgehead atoms. The molecular formula is C15H20N4O2. The highest BCUT2D eigenvalue weighted by atomic mass is 16.2. The second-order valence-electron chi connectivity index (χ2n) is 5.88. The first-order chi connectivity index (χ1) is 9.99. The molecule has 1 fully saturated rings. The summed E-state index contributed by atoms with van der Waals surface area (Å²) in [4.78, 5) is 31.7. The summed E-state index contributed by atoms with van der Waals surface area (Å²) >= 11 is 0. The Morgan fingerprint density at radius 1 is 1.43 bits per heavy atom. The second-order valence-corrected chi connectivity index (χ2v) is 5.88. The normalized spacial score (nSPS) is 18.9. The van der Waals surface area contributed by atoms with Gasteiger partial charge in [0, 0.05) is 44.0 Å². The third-order valence-electron chi connectivity index (χ3n) is 4.31. The fourth-order valence-electron chi connectivity index (χ4n) is 2.96. The molecule has 0 aromatic carbocycles. The number of aromatic amines is 1. The highest BCUT2D eigenvalue weighted by molar-refractivity contribution is 6.06. The number of nitrogens with zero attached hydrogens (tertiary/aromatic N) is 3. The van der Waals surface area contributed by atoms with Gasteiger partial charge in [-0.05, 0) is 26.6 Å². The minimum Gasteiger partial charge on any atom is -0.357 e. The molecule has 3 rings (SSSR count). The average Bonchev–Trinajstić information content (AvgIpc) is 3.10. The number of amides is 1. The van der Waals surface area contributed by atoms with E-state index in [1.807, 2.05) is 19.0 Å². The number of fused-ring (bicyclic) bond motifs is 1. The molecule has 1 aliphatic rings. The molecule has 1 saturated heterocycles. The number of aryl methyl sites for hydroxylation is 1. The summed E-state index contributed by atoms with van der Waals surface area (Å²) in [5.41, 5.74) is 0.971. The van der Waals surface area contributed by atoms with Gasteiger partial charge in [0.2, 0.25) is 0 Å². The molecule has 2 aromatic heterocycles. The van der Waals surface area contributed by atoms with Crippen molar-refractivity contribution >= 4 is 16.8 Å². The van der Waals surface area contributed by atoms with Gasteiger partial charge in [-0.25, -0.2) is 0 Å². The van der Waals surface area contributed by atoms with Gasteiger partial charge in [-0.15, -0.1) is 0 Å². The van der Waals surface area contributed by atoms with Gasteiger partial charge >= 0.3 is 0 Å². The van der Waals surface area contributed by atoms with Crippen LogP contribution in [0.5, 0.6) is 0 Å². The van der Waals surface area contributed by atoms with Gasteiger partial charge in [-0.3, -0.25) is 9.59 Å². The topological polar surface area (TPSA) is 61.3 Å². The Bertz CT molecular complexity index is 744. The second kappa shape index (κ2) is 5.04. The summed E-state index contributed by atoms with van der Waals surface area (Å²) < 4.78 is 1.46. The monoisotopic (exact) mass is 288 g/mol. The van der Waals surface area contributed by atoms with Crippen LogP contribution < -0.4 is 5.56 Å². The van der Waals surface area contributed by atoms with Crippen LogP contribution >= 0.6 is 0 Å². The van der Waals surface area contributed by atoms with E-state index in [9.17, 15) is 9.59 Å². The van der Waals surface area contributed by atoms with Crippen molar-refractivity contribution in [3.8, 4) is 0 Å². The summed E-state index contributed by atoms with van der Waals surface area (Å²) in [5.74, 6) is -0.000417. The molecule has 1 atom stereocenters.